The highest BCUT2D eigenvalue weighted by atomic mass is 19.2. The average Bonchev–Trinajstić information content (AvgIpc) is 2.31. The molecule has 0 atom stereocenters. The van der Waals surface area contributed by atoms with E-state index in [4.69, 9.17) is 4.74 Å². The molecule has 0 N–H and O–H groups in total. The third-order valence-corrected chi connectivity index (χ3v) is 3.06. The summed E-state index contributed by atoms with van der Waals surface area (Å²) in [6, 6.07) is 3.20. The monoisotopic (exact) mass is 255 g/mol. The summed E-state index contributed by atoms with van der Waals surface area (Å²) in [6.07, 6.45) is 0. The third kappa shape index (κ3) is 2.36. The van der Waals surface area contributed by atoms with E-state index in [1.807, 2.05) is 13.8 Å². The van der Waals surface area contributed by atoms with Crippen molar-refractivity contribution in [3.63, 3.8) is 0 Å². The van der Waals surface area contributed by atoms with Crippen molar-refractivity contribution >= 4 is 5.91 Å². The van der Waals surface area contributed by atoms with Gasteiger partial charge in [0.15, 0.2) is 11.6 Å². The molecule has 0 bridgehead atoms. The molecule has 1 aromatic carbocycles. The Morgan fingerprint density at radius 1 is 1.33 bits per heavy atom. The van der Waals surface area contributed by atoms with E-state index in [-0.39, 0.29) is 11.5 Å². The molecule has 0 unspecified atom stereocenters. The first-order chi connectivity index (χ1) is 8.42. The van der Waals surface area contributed by atoms with Crippen molar-refractivity contribution in [2.45, 2.75) is 19.4 Å². The Balaban J connectivity index is 2.27. The minimum absolute atomic E-state index is 0.156. The van der Waals surface area contributed by atoms with Crippen LogP contribution >= 0.6 is 0 Å². The maximum absolute atomic E-state index is 13.1. The molecule has 18 heavy (non-hydrogen) atoms. The zero-order valence-electron chi connectivity index (χ0n) is 10.4. The van der Waals surface area contributed by atoms with Crippen LogP contribution in [0.1, 0.15) is 24.2 Å². The van der Waals surface area contributed by atoms with E-state index < -0.39 is 17.2 Å². The Morgan fingerprint density at radius 3 is 2.67 bits per heavy atom. The first-order valence-electron chi connectivity index (χ1n) is 5.76. The van der Waals surface area contributed by atoms with Gasteiger partial charge in [0.05, 0.1) is 18.8 Å². The quantitative estimate of drug-likeness (QED) is 0.770. The van der Waals surface area contributed by atoms with Crippen LogP contribution < -0.4 is 0 Å². The highest BCUT2D eigenvalue weighted by Crippen LogP contribution is 2.22. The lowest BCUT2D eigenvalue weighted by Gasteiger charge is -2.42. The van der Waals surface area contributed by atoms with Crippen molar-refractivity contribution in [1.29, 1.82) is 0 Å². The summed E-state index contributed by atoms with van der Waals surface area (Å²) in [7, 11) is 0. The minimum atomic E-state index is -1.01. The van der Waals surface area contributed by atoms with Crippen molar-refractivity contribution < 1.29 is 18.3 Å². The van der Waals surface area contributed by atoms with E-state index in [1.165, 1.54) is 6.07 Å². The molecular formula is C13H15F2NO2. The Hall–Kier alpha value is -1.49. The molecule has 0 radical (unpaired) electrons. The smallest absolute Gasteiger partial charge is 0.254 e. The second kappa shape index (κ2) is 4.65. The fraction of sp³-hybridized carbons (Fsp3) is 0.462. The van der Waals surface area contributed by atoms with Crippen LogP contribution in [0.5, 0.6) is 0 Å². The fourth-order valence-electron chi connectivity index (χ4n) is 2.02. The topological polar surface area (TPSA) is 29.5 Å². The van der Waals surface area contributed by atoms with Gasteiger partial charge in [-0.2, -0.15) is 0 Å². The highest BCUT2D eigenvalue weighted by molar-refractivity contribution is 5.94. The van der Waals surface area contributed by atoms with Crippen LogP contribution in [-0.4, -0.2) is 36.1 Å². The molecule has 5 heteroatoms. The van der Waals surface area contributed by atoms with Crippen molar-refractivity contribution in [3.8, 4) is 0 Å². The van der Waals surface area contributed by atoms with E-state index in [9.17, 15) is 13.6 Å². The lowest BCUT2D eigenvalue weighted by Crippen LogP contribution is -2.55. The molecule has 0 aromatic heterocycles. The second-order valence-corrected chi connectivity index (χ2v) is 4.95. The number of amides is 1. The molecule has 1 aromatic rings. The number of hydrogen-bond acceptors (Lipinski definition) is 2. The van der Waals surface area contributed by atoms with Gasteiger partial charge in [-0.25, -0.2) is 8.78 Å². The number of ether oxygens (including phenoxy) is 1. The van der Waals surface area contributed by atoms with Gasteiger partial charge in [-0.05, 0) is 32.0 Å². The van der Waals surface area contributed by atoms with Crippen molar-refractivity contribution in [1.82, 2.24) is 4.90 Å². The predicted molar refractivity (Wildman–Crippen MR) is 62.3 cm³/mol. The van der Waals surface area contributed by atoms with E-state index in [0.717, 1.165) is 12.1 Å². The van der Waals surface area contributed by atoms with Crippen molar-refractivity contribution in [2.24, 2.45) is 0 Å². The summed E-state index contributed by atoms with van der Waals surface area (Å²) >= 11 is 0. The van der Waals surface area contributed by atoms with Crippen LogP contribution in [0.2, 0.25) is 0 Å². The minimum Gasteiger partial charge on any atom is -0.377 e. The number of halogens is 2. The van der Waals surface area contributed by atoms with Crippen LogP contribution in [0.3, 0.4) is 0 Å². The van der Waals surface area contributed by atoms with Gasteiger partial charge in [-0.15, -0.1) is 0 Å². The second-order valence-electron chi connectivity index (χ2n) is 4.95. The van der Waals surface area contributed by atoms with E-state index in [0.29, 0.717) is 19.8 Å². The van der Waals surface area contributed by atoms with Crippen molar-refractivity contribution in [2.75, 3.05) is 19.8 Å². The molecule has 1 fully saturated rings. The molecule has 98 valence electrons. The molecule has 1 aliphatic rings. The summed E-state index contributed by atoms with van der Waals surface area (Å²) in [4.78, 5) is 13.9. The summed E-state index contributed by atoms with van der Waals surface area (Å²) in [5.74, 6) is -2.26. The first kappa shape index (κ1) is 13.0. The SMILES string of the molecule is CC1(C)COCCN1C(=O)c1ccc(F)c(F)c1. The van der Waals surface area contributed by atoms with Gasteiger partial charge in [-0.1, -0.05) is 0 Å². The fourth-order valence-corrected chi connectivity index (χ4v) is 2.02. The zero-order valence-corrected chi connectivity index (χ0v) is 10.4. The number of nitrogens with zero attached hydrogens (tertiary/aromatic N) is 1. The molecule has 2 rings (SSSR count). The Morgan fingerprint density at radius 2 is 2.06 bits per heavy atom. The maximum Gasteiger partial charge on any atom is 0.254 e. The number of hydrogen-bond donors (Lipinski definition) is 0. The van der Waals surface area contributed by atoms with Gasteiger partial charge >= 0.3 is 0 Å². The van der Waals surface area contributed by atoms with E-state index in [1.54, 1.807) is 4.90 Å². The van der Waals surface area contributed by atoms with E-state index in [2.05, 4.69) is 0 Å². The van der Waals surface area contributed by atoms with Crippen LogP contribution in [0.25, 0.3) is 0 Å². The Kier molecular flexibility index (Phi) is 3.34. The lowest BCUT2D eigenvalue weighted by molar-refractivity contribution is -0.0370. The molecule has 0 spiro atoms. The Labute approximate surface area is 104 Å². The van der Waals surface area contributed by atoms with Gasteiger partial charge in [-0.3, -0.25) is 4.79 Å². The largest absolute Gasteiger partial charge is 0.377 e. The van der Waals surface area contributed by atoms with Gasteiger partial charge in [0.2, 0.25) is 0 Å². The average molecular weight is 255 g/mol. The van der Waals surface area contributed by atoms with Gasteiger partial charge < -0.3 is 9.64 Å². The number of morpholine rings is 1. The molecule has 3 nitrogen and oxygen atoms in total. The highest BCUT2D eigenvalue weighted by Gasteiger charge is 2.34. The summed E-state index contributed by atoms with van der Waals surface area (Å²) in [5, 5.41) is 0. The van der Waals surface area contributed by atoms with Crippen LogP contribution in [0, 0.1) is 11.6 Å². The summed E-state index contributed by atoms with van der Waals surface area (Å²) < 4.78 is 31.3. The molecule has 1 amide bonds. The molecular weight excluding hydrogens is 240 g/mol. The molecule has 1 heterocycles. The number of carbonyl (C=O) groups is 1. The van der Waals surface area contributed by atoms with E-state index >= 15 is 0 Å². The molecule has 0 aliphatic carbocycles. The first-order valence-corrected chi connectivity index (χ1v) is 5.76. The van der Waals surface area contributed by atoms with Gasteiger partial charge in [0.1, 0.15) is 0 Å². The number of benzene rings is 1. The molecule has 1 saturated heterocycles. The van der Waals surface area contributed by atoms with Crippen molar-refractivity contribution in [3.05, 3.63) is 35.4 Å². The number of carbonyl (C=O) groups excluding carboxylic acids is 1. The maximum atomic E-state index is 13.1. The summed E-state index contributed by atoms with van der Waals surface area (Å²) in [6.45, 7) is 5.10. The number of rotatable bonds is 1. The lowest BCUT2D eigenvalue weighted by atomic mass is 10.0. The van der Waals surface area contributed by atoms with Gasteiger partial charge in [0.25, 0.3) is 5.91 Å². The Bertz CT molecular complexity index is 474. The van der Waals surface area contributed by atoms with Gasteiger partial charge in [0, 0.05) is 12.1 Å². The molecule has 0 saturated carbocycles. The van der Waals surface area contributed by atoms with Crippen LogP contribution in [-0.2, 0) is 4.74 Å². The van der Waals surface area contributed by atoms with Crippen LogP contribution in [0.15, 0.2) is 18.2 Å². The normalized spacial score (nSPS) is 18.8. The summed E-state index contributed by atoms with van der Waals surface area (Å²) in [5.41, 5.74) is -0.288. The van der Waals surface area contributed by atoms with Crippen LogP contribution in [0.4, 0.5) is 8.78 Å². The third-order valence-electron chi connectivity index (χ3n) is 3.06. The predicted octanol–water partition coefficient (Wildman–Crippen LogP) is 2.22. The molecule has 1 aliphatic heterocycles. The zero-order chi connectivity index (χ0) is 13.3. The standard InChI is InChI=1S/C13H15F2NO2/c1-13(2)8-18-6-5-16(13)12(17)9-3-4-10(14)11(15)7-9/h3-4,7H,5-6,8H2,1-2H3.